The zero-order valence-electron chi connectivity index (χ0n) is 11.6. The molecule has 0 fully saturated rings. The van der Waals surface area contributed by atoms with Gasteiger partial charge in [0.1, 0.15) is 17.9 Å². The summed E-state index contributed by atoms with van der Waals surface area (Å²) in [4.78, 5) is 11.9. The van der Waals surface area contributed by atoms with Crippen LogP contribution in [0.4, 0.5) is 18.9 Å². The third-order valence-corrected chi connectivity index (χ3v) is 2.86. The van der Waals surface area contributed by atoms with Crippen LogP contribution in [0.25, 0.3) is 0 Å². The van der Waals surface area contributed by atoms with E-state index in [0.717, 1.165) is 10.7 Å². The summed E-state index contributed by atoms with van der Waals surface area (Å²) in [5.41, 5.74) is 0.135. The van der Waals surface area contributed by atoms with Crippen molar-refractivity contribution in [1.29, 1.82) is 0 Å². The molecule has 9 heteroatoms. The van der Waals surface area contributed by atoms with Crippen LogP contribution in [-0.4, -0.2) is 20.8 Å². The predicted molar refractivity (Wildman–Crippen MR) is 66.6 cm³/mol. The Morgan fingerprint density at radius 1 is 1.38 bits per heavy atom. The number of carbonyl (C=O) groups is 1. The van der Waals surface area contributed by atoms with E-state index in [2.05, 4.69) is 15.6 Å². The highest BCUT2D eigenvalue weighted by Crippen LogP contribution is 2.28. The first-order chi connectivity index (χ1) is 9.68. The maximum atomic E-state index is 12.5. The summed E-state index contributed by atoms with van der Waals surface area (Å²) < 4.78 is 43.5. The molecule has 1 N–H and O–H groups in total. The van der Waals surface area contributed by atoms with Crippen LogP contribution in [0, 0.1) is 20.8 Å². The number of alkyl halides is 3. The lowest BCUT2D eigenvalue weighted by Crippen LogP contribution is -2.21. The molecule has 0 aliphatic heterocycles. The molecule has 0 unspecified atom stereocenters. The largest absolute Gasteiger partial charge is 0.435 e. The molecule has 0 atom stereocenters. The quantitative estimate of drug-likeness (QED) is 0.945. The normalized spacial score (nSPS) is 11.7. The molecule has 0 aliphatic rings. The van der Waals surface area contributed by atoms with E-state index in [9.17, 15) is 18.0 Å². The van der Waals surface area contributed by atoms with Crippen molar-refractivity contribution in [2.24, 2.45) is 0 Å². The van der Waals surface area contributed by atoms with Gasteiger partial charge in [0.05, 0.1) is 0 Å². The molecule has 2 aromatic rings. The highest BCUT2D eigenvalue weighted by atomic mass is 19.4. The van der Waals surface area contributed by atoms with Gasteiger partial charge in [-0.05, 0) is 26.8 Å². The molecule has 2 heterocycles. The highest BCUT2D eigenvalue weighted by Gasteiger charge is 2.34. The number of rotatable bonds is 3. The first-order valence-corrected chi connectivity index (χ1v) is 6.03. The summed E-state index contributed by atoms with van der Waals surface area (Å²) in [5, 5.41) is 9.60. The number of hydrogen-bond donors (Lipinski definition) is 1. The minimum absolute atomic E-state index is 0.247. The second kappa shape index (κ2) is 5.23. The van der Waals surface area contributed by atoms with Crippen molar-refractivity contribution >= 4 is 11.6 Å². The van der Waals surface area contributed by atoms with Crippen molar-refractivity contribution in [3.8, 4) is 0 Å². The Hall–Kier alpha value is -2.32. The fourth-order valence-corrected chi connectivity index (χ4v) is 1.79. The van der Waals surface area contributed by atoms with Crippen LogP contribution in [0.3, 0.4) is 0 Å². The van der Waals surface area contributed by atoms with E-state index in [4.69, 9.17) is 4.52 Å². The van der Waals surface area contributed by atoms with E-state index >= 15 is 0 Å². The fourth-order valence-electron chi connectivity index (χ4n) is 1.79. The lowest BCUT2D eigenvalue weighted by atomic mass is 10.3. The second-order valence-electron chi connectivity index (χ2n) is 4.57. The van der Waals surface area contributed by atoms with Gasteiger partial charge < -0.3 is 9.84 Å². The lowest BCUT2D eigenvalue weighted by molar-refractivity contribution is -0.141. The molecule has 2 rings (SSSR count). The molecule has 0 spiro atoms. The number of amides is 1. The summed E-state index contributed by atoms with van der Waals surface area (Å²) in [7, 11) is 0. The molecule has 1 amide bonds. The second-order valence-corrected chi connectivity index (χ2v) is 4.57. The first kappa shape index (κ1) is 15.1. The minimum Gasteiger partial charge on any atom is -0.359 e. The number of aromatic nitrogens is 3. The number of nitrogens with one attached hydrogen (secondary N) is 1. The number of carbonyl (C=O) groups excluding carboxylic acids is 1. The van der Waals surface area contributed by atoms with Crippen LogP contribution >= 0.6 is 0 Å². The Morgan fingerprint density at radius 3 is 2.52 bits per heavy atom. The number of anilines is 1. The molecule has 0 aliphatic carbocycles. The molecule has 0 saturated carbocycles. The molecule has 0 aromatic carbocycles. The van der Waals surface area contributed by atoms with Crippen LogP contribution in [0.5, 0.6) is 0 Å². The zero-order chi connectivity index (χ0) is 15.8. The summed E-state index contributed by atoms with van der Waals surface area (Å²) in [5.74, 6) is -0.0849. The number of halogens is 3. The molecule has 0 saturated heterocycles. The highest BCUT2D eigenvalue weighted by molar-refractivity contribution is 5.91. The van der Waals surface area contributed by atoms with Gasteiger partial charge in [0.15, 0.2) is 11.5 Å². The molecule has 114 valence electrons. The Bertz CT molecular complexity index is 653. The lowest BCUT2D eigenvalue weighted by Gasteiger charge is -2.06. The van der Waals surface area contributed by atoms with Gasteiger partial charge in [-0.2, -0.15) is 18.3 Å². The van der Waals surface area contributed by atoms with Gasteiger partial charge in [-0.3, -0.25) is 9.48 Å². The third-order valence-electron chi connectivity index (χ3n) is 2.86. The molecule has 0 radical (unpaired) electrons. The van der Waals surface area contributed by atoms with Crippen LogP contribution < -0.4 is 5.32 Å². The molecular weight excluding hydrogens is 289 g/mol. The van der Waals surface area contributed by atoms with Crippen molar-refractivity contribution in [1.82, 2.24) is 14.9 Å². The molecule has 21 heavy (non-hydrogen) atoms. The first-order valence-electron chi connectivity index (χ1n) is 6.03. The van der Waals surface area contributed by atoms with Crippen LogP contribution in [-0.2, 0) is 17.5 Å². The molecular formula is C12H13F3N4O2. The van der Waals surface area contributed by atoms with E-state index in [1.807, 2.05) is 0 Å². The van der Waals surface area contributed by atoms with Crippen LogP contribution in [0.2, 0.25) is 0 Å². The SMILES string of the molecule is Cc1noc(C)c1NC(=O)Cn1nc(C(F)(F)F)cc1C. The average molecular weight is 302 g/mol. The van der Waals surface area contributed by atoms with Crippen molar-refractivity contribution < 1.29 is 22.5 Å². The maximum Gasteiger partial charge on any atom is 0.435 e. The monoisotopic (exact) mass is 302 g/mol. The average Bonchev–Trinajstić information content (AvgIpc) is 2.87. The topological polar surface area (TPSA) is 73.0 Å². The summed E-state index contributed by atoms with van der Waals surface area (Å²) in [6.45, 7) is 4.39. The third kappa shape index (κ3) is 3.23. The van der Waals surface area contributed by atoms with E-state index in [-0.39, 0.29) is 12.2 Å². The van der Waals surface area contributed by atoms with Gasteiger partial charge in [-0.15, -0.1) is 0 Å². The van der Waals surface area contributed by atoms with Gasteiger partial charge >= 0.3 is 6.18 Å². The Balaban J connectivity index is 2.12. The number of hydrogen-bond acceptors (Lipinski definition) is 4. The standard InChI is InChI=1S/C12H13F3N4O2/c1-6-4-9(12(13,14)15)17-19(6)5-10(20)16-11-7(2)18-21-8(11)3/h4H,5H2,1-3H3,(H,16,20). The van der Waals surface area contributed by atoms with Crippen molar-refractivity contribution in [3.05, 3.63) is 28.9 Å². The fraction of sp³-hybridized carbons (Fsp3) is 0.417. The predicted octanol–water partition coefficient (Wildman–Crippen LogP) is 2.45. The van der Waals surface area contributed by atoms with Gasteiger partial charge in [0.2, 0.25) is 5.91 Å². The van der Waals surface area contributed by atoms with Crippen molar-refractivity contribution in [2.45, 2.75) is 33.5 Å². The van der Waals surface area contributed by atoms with E-state index in [1.165, 1.54) is 6.92 Å². The van der Waals surface area contributed by atoms with Gasteiger partial charge in [0, 0.05) is 5.69 Å². The smallest absolute Gasteiger partial charge is 0.359 e. The maximum absolute atomic E-state index is 12.5. The Labute approximate surface area is 117 Å². The summed E-state index contributed by atoms with van der Waals surface area (Å²) in [6, 6.07) is 0.892. The Morgan fingerprint density at radius 2 is 2.05 bits per heavy atom. The summed E-state index contributed by atoms with van der Waals surface area (Å²) >= 11 is 0. The van der Waals surface area contributed by atoms with Crippen molar-refractivity contribution in [3.63, 3.8) is 0 Å². The zero-order valence-corrected chi connectivity index (χ0v) is 11.6. The van der Waals surface area contributed by atoms with Crippen LogP contribution in [0.1, 0.15) is 22.8 Å². The van der Waals surface area contributed by atoms with E-state index < -0.39 is 17.8 Å². The molecule has 6 nitrogen and oxygen atoms in total. The van der Waals surface area contributed by atoms with Crippen LogP contribution in [0.15, 0.2) is 10.6 Å². The van der Waals surface area contributed by atoms with Gasteiger partial charge in [-0.1, -0.05) is 5.16 Å². The molecule has 0 bridgehead atoms. The summed E-state index contributed by atoms with van der Waals surface area (Å²) in [6.07, 6.45) is -4.53. The van der Waals surface area contributed by atoms with E-state index in [1.54, 1.807) is 13.8 Å². The van der Waals surface area contributed by atoms with E-state index in [0.29, 0.717) is 17.1 Å². The van der Waals surface area contributed by atoms with Crippen molar-refractivity contribution in [2.75, 3.05) is 5.32 Å². The minimum atomic E-state index is -4.53. The number of aryl methyl sites for hydroxylation is 3. The van der Waals surface area contributed by atoms with Gasteiger partial charge in [-0.25, -0.2) is 0 Å². The molecule has 2 aromatic heterocycles. The van der Waals surface area contributed by atoms with Gasteiger partial charge in [0.25, 0.3) is 0 Å². The Kier molecular flexibility index (Phi) is 3.75. The number of nitrogens with zero attached hydrogens (tertiary/aromatic N) is 3.